The van der Waals surface area contributed by atoms with E-state index in [0.717, 1.165) is 16.5 Å². The number of carboxylic acid groups (broad SMARTS) is 1. The van der Waals surface area contributed by atoms with Crippen LogP contribution in [0, 0.1) is 29.6 Å². The normalized spacial score (nSPS) is 14.7. The number of carbonyl (C=O) groups is 11. The summed E-state index contributed by atoms with van der Waals surface area (Å²) in [4.78, 5) is 155. The molecule has 4 aromatic rings. The Hall–Kier alpha value is -9.06. The van der Waals surface area contributed by atoms with Crippen molar-refractivity contribution in [3.05, 3.63) is 114 Å². The number of ketones is 4. The van der Waals surface area contributed by atoms with Crippen molar-refractivity contribution in [1.29, 1.82) is 0 Å². The Morgan fingerprint density at radius 1 is 0.636 bits per heavy atom. The lowest BCUT2D eigenvalue weighted by Crippen LogP contribution is -2.50. The fourth-order valence-corrected chi connectivity index (χ4v) is 10.2. The summed E-state index contributed by atoms with van der Waals surface area (Å²) in [5.41, 5.74) is 20.0. The number of rotatable bonds is 40. The number of guanidine groups is 1. The fraction of sp³-hybridized carbons (Fsp3) is 0.469. The highest BCUT2D eigenvalue weighted by Crippen LogP contribution is 2.25. The highest BCUT2D eigenvalue weighted by atomic mass is 16.4. The second-order valence-corrected chi connectivity index (χ2v) is 22.7. The molecular formula is C64H86N10O14. The van der Waals surface area contributed by atoms with E-state index in [2.05, 4.69) is 36.6 Å². The number of fused-ring (bicyclic) bond motifs is 1. The molecule has 88 heavy (non-hydrogen) atoms. The molecule has 0 aliphatic heterocycles. The van der Waals surface area contributed by atoms with Gasteiger partial charge in [0.25, 0.3) is 0 Å². The minimum Gasteiger partial charge on any atom is -0.508 e. The van der Waals surface area contributed by atoms with Crippen molar-refractivity contribution in [3.8, 4) is 5.75 Å². The molecule has 9 atom stereocenters. The highest BCUT2D eigenvalue weighted by Gasteiger charge is 2.36. The first-order chi connectivity index (χ1) is 41.7. The molecule has 1 heterocycles. The van der Waals surface area contributed by atoms with E-state index in [4.69, 9.17) is 17.2 Å². The number of nitrogens with two attached hydrogens (primary N) is 3. The number of Topliss-reactive ketones (excluding diaryl/α,β-unsaturated/α-hetero) is 4. The molecule has 1 aromatic heterocycles. The van der Waals surface area contributed by atoms with Crippen molar-refractivity contribution < 1.29 is 68.1 Å². The number of aliphatic hydroxyl groups excluding tert-OH is 1. The number of phenols is 1. The van der Waals surface area contributed by atoms with Gasteiger partial charge in [0.1, 0.15) is 17.6 Å². The number of carboxylic acids is 1. The van der Waals surface area contributed by atoms with Gasteiger partial charge >= 0.3 is 5.97 Å². The van der Waals surface area contributed by atoms with E-state index in [-0.39, 0.29) is 68.4 Å². The molecule has 0 spiro atoms. The molecule has 0 aliphatic rings. The number of nitrogens with one attached hydrogen (secondary N) is 6. The number of aromatic hydroxyl groups is 1. The second-order valence-electron chi connectivity index (χ2n) is 22.7. The summed E-state index contributed by atoms with van der Waals surface area (Å²) in [5, 5.41) is 44.5. The number of benzene rings is 3. The topological polar surface area (TPSA) is 415 Å². The molecule has 0 radical (unpaired) electrons. The number of hydrogen-bond acceptors (Lipinski definition) is 14. The van der Waals surface area contributed by atoms with Gasteiger partial charge in [-0.15, -0.1) is 0 Å². The Bertz CT molecular complexity index is 3100. The number of aliphatic carboxylic acids is 1. The predicted molar refractivity (Wildman–Crippen MR) is 329 cm³/mol. The van der Waals surface area contributed by atoms with Gasteiger partial charge < -0.3 is 64.1 Å². The summed E-state index contributed by atoms with van der Waals surface area (Å²) in [5.74, 6) is -12.7. The van der Waals surface area contributed by atoms with E-state index in [9.17, 15) is 68.1 Å². The first-order valence-corrected chi connectivity index (χ1v) is 29.5. The molecule has 6 amide bonds. The molecule has 0 saturated carbocycles. The number of amides is 6. The molecule has 15 N–H and O–H groups in total. The second kappa shape index (κ2) is 36.2. The lowest BCUT2D eigenvalue weighted by molar-refractivity contribution is -0.139. The number of hydrogen-bond donors (Lipinski definition) is 12. The monoisotopic (exact) mass is 1220 g/mol. The average Bonchev–Trinajstić information content (AvgIpc) is 2.31. The molecule has 0 saturated heterocycles. The third kappa shape index (κ3) is 24.7. The van der Waals surface area contributed by atoms with Gasteiger partial charge in [-0.3, -0.25) is 57.7 Å². The van der Waals surface area contributed by atoms with Crippen LogP contribution in [0.5, 0.6) is 5.75 Å². The Morgan fingerprint density at radius 3 is 1.82 bits per heavy atom. The lowest BCUT2D eigenvalue weighted by atomic mass is 9.85. The Labute approximate surface area is 512 Å². The van der Waals surface area contributed by atoms with Gasteiger partial charge in [-0.1, -0.05) is 86.7 Å². The third-order valence-electron chi connectivity index (χ3n) is 15.0. The maximum absolute atomic E-state index is 14.3. The largest absolute Gasteiger partial charge is 0.508 e. The standard InChI is InChI=1S/C64H86N10O14/c1-37(2)28-42(55(79)32-43(17-13-27-69-64(67)68-5)61(86)74-53(60(66)85)31-45-36-70-49-19-11-10-18-47(45)49)16-9-12-20-54(78)50(29-40-14-7-6-8-15-40)73-63(88)48(38(3)75)34-57(81)52(35-58(65)82)72-62(87)44(23-26-59(83)84)33-56(80)51(71-39(4)76)30-41-21-24-46(77)25-22-41/h6-11,14-16,18-19,21-22,24-25,36-38,42-44,48,50-53,70,75,77H,12-13,17,20,23,26-35H2,1-5H3,(H2,65,82)(H2,66,85)(H,71,76)(H,72,87)(H,73,88)(H,74,86)(H,83,84)(H3,67,68,69)/b16-9+/t38-,42+,43-,44-,48+,50+,51-,52+,53+/m1/s1. The van der Waals surface area contributed by atoms with E-state index in [1.165, 1.54) is 45.2 Å². The van der Waals surface area contributed by atoms with Gasteiger partial charge in [0.2, 0.25) is 35.4 Å². The molecule has 0 bridgehead atoms. The average molecular weight is 1220 g/mol. The minimum absolute atomic E-state index is 0.00614. The number of allylic oxidation sites excluding steroid dienone is 2. The van der Waals surface area contributed by atoms with Gasteiger partial charge in [0.15, 0.2) is 23.3 Å². The number of H-pyrrole nitrogens is 1. The van der Waals surface area contributed by atoms with Crippen molar-refractivity contribution in [2.24, 2.45) is 51.8 Å². The molecule has 0 unspecified atom stereocenters. The summed E-state index contributed by atoms with van der Waals surface area (Å²) in [6, 6.07) is 16.8. The van der Waals surface area contributed by atoms with Crippen molar-refractivity contribution in [1.82, 2.24) is 31.6 Å². The van der Waals surface area contributed by atoms with Crippen LogP contribution >= 0.6 is 0 Å². The molecule has 24 nitrogen and oxygen atoms in total. The highest BCUT2D eigenvalue weighted by molar-refractivity contribution is 5.98. The maximum Gasteiger partial charge on any atom is 0.303 e. The van der Waals surface area contributed by atoms with Crippen LogP contribution in [0.1, 0.15) is 115 Å². The van der Waals surface area contributed by atoms with Crippen molar-refractivity contribution >= 4 is 81.4 Å². The van der Waals surface area contributed by atoms with E-state index in [0.29, 0.717) is 30.5 Å². The van der Waals surface area contributed by atoms with Crippen LogP contribution in [-0.2, 0) is 72.0 Å². The first-order valence-electron chi connectivity index (χ1n) is 29.5. The predicted octanol–water partition coefficient (Wildman–Crippen LogP) is 3.08. The summed E-state index contributed by atoms with van der Waals surface area (Å²) in [6.07, 6.45) is 1.33. The van der Waals surface area contributed by atoms with E-state index in [1.54, 1.807) is 48.7 Å². The number of aliphatic imine (C=N–C) groups is 1. The SMILES string of the molecule is CN=C(N)NCCC[C@H](CC(=O)[C@@H](/C=C/CCC(=O)[C@H](Cc1ccccc1)NC(=O)[C@@H](CC(=O)[C@H](CC(N)=O)NC(=O)[C@H](CCC(=O)O)CC(=O)[C@@H](Cc1ccc(O)cc1)NC(C)=O)[C@@H](C)O)CC(C)C)C(=O)N[C@@H](Cc1c[nH]c2ccccc12)C(N)=O. The zero-order valence-corrected chi connectivity index (χ0v) is 50.6. The number of para-hydroxylation sites is 1. The zero-order valence-electron chi connectivity index (χ0n) is 50.6. The number of primary amides is 2. The van der Waals surface area contributed by atoms with Crippen LogP contribution in [0.2, 0.25) is 0 Å². The van der Waals surface area contributed by atoms with E-state index >= 15 is 0 Å². The number of aromatic amines is 1. The molecule has 24 heteroatoms. The minimum atomic E-state index is -1.72. The summed E-state index contributed by atoms with van der Waals surface area (Å²) >= 11 is 0. The number of aliphatic hydroxyl groups is 1. The van der Waals surface area contributed by atoms with Crippen molar-refractivity contribution in [3.63, 3.8) is 0 Å². The van der Waals surface area contributed by atoms with Crippen LogP contribution in [0.4, 0.5) is 0 Å². The summed E-state index contributed by atoms with van der Waals surface area (Å²) < 4.78 is 0. The Kier molecular flexibility index (Phi) is 29.4. The van der Waals surface area contributed by atoms with Gasteiger partial charge in [-0.2, -0.15) is 0 Å². The molecule has 4 rings (SSSR count). The van der Waals surface area contributed by atoms with Crippen LogP contribution in [0.25, 0.3) is 10.9 Å². The van der Waals surface area contributed by atoms with Gasteiger partial charge in [0, 0.05) is 93.9 Å². The van der Waals surface area contributed by atoms with Crippen LogP contribution in [0.15, 0.2) is 102 Å². The number of aromatic nitrogens is 1. The number of phenolic OH excluding ortho intramolecular Hbond substituents is 1. The van der Waals surface area contributed by atoms with E-state index < -0.39 is 145 Å². The molecule has 476 valence electrons. The smallest absolute Gasteiger partial charge is 0.303 e. The van der Waals surface area contributed by atoms with Crippen LogP contribution < -0.4 is 43.8 Å². The van der Waals surface area contributed by atoms with Crippen molar-refractivity contribution in [2.75, 3.05) is 13.6 Å². The van der Waals surface area contributed by atoms with E-state index in [1.807, 2.05) is 38.1 Å². The number of nitrogens with zero attached hydrogens (tertiary/aromatic N) is 1. The number of carbonyl (C=O) groups excluding carboxylic acids is 10. The molecular weight excluding hydrogens is 1130 g/mol. The lowest BCUT2D eigenvalue weighted by Gasteiger charge is -2.26. The summed E-state index contributed by atoms with van der Waals surface area (Å²) in [6.45, 7) is 6.64. The van der Waals surface area contributed by atoms with Crippen LogP contribution in [0.3, 0.4) is 0 Å². The Balaban J connectivity index is 1.51. The van der Waals surface area contributed by atoms with Gasteiger partial charge in [-0.05, 0) is 92.7 Å². The van der Waals surface area contributed by atoms with Gasteiger partial charge in [-0.25, -0.2) is 0 Å². The Morgan fingerprint density at radius 2 is 1.22 bits per heavy atom. The zero-order chi connectivity index (χ0) is 65.0. The quantitative estimate of drug-likeness (QED) is 0.0132. The van der Waals surface area contributed by atoms with Crippen LogP contribution in [-0.4, -0.2) is 135 Å². The summed E-state index contributed by atoms with van der Waals surface area (Å²) in [7, 11) is 1.52. The first kappa shape index (κ1) is 71.4. The fourth-order valence-electron chi connectivity index (χ4n) is 10.2. The molecule has 0 fully saturated rings. The molecule has 0 aliphatic carbocycles. The third-order valence-corrected chi connectivity index (χ3v) is 15.0. The maximum atomic E-state index is 14.3. The van der Waals surface area contributed by atoms with Gasteiger partial charge in [0.05, 0.1) is 36.6 Å². The van der Waals surface area contributed by atoms with Crippen molar-refractivity contribution in [2.45, 2.75) is 148 Å². The molecule has 3 aromatic carbocycles.